The van der Waals surface area contributed by atoms with Crippen LogP contribution in [0.25, 0.3) is 5.70 Å². The number of hydrogen-bond donors (Lipinski definition) is 1. The lowest BCUT2D eigenvalue weighted by Gasteiger charge is -2.24. The zero-order chi connectivity index (χ0) is 15.8. The highest BCUT2D eigenvalue weighted by Crippen LogP contribution is 2.32. The summed E-state index contributed by atoms with van der Waals surface area (Å²) in [6, 6.07) is 16.8. The Labute approximate surface area is 143 Å². The Hall–Kier alpha value is -2.40. The van der Waals surface area contributed by atoms with Crippen LogP contribution >= 0.6 is 15.9 Å². The van der Waals surface area contributed by atoms with Gasteiger partial charge in [-0.2, -0.15) is 10.1 Å². The predicted octanol–water partition coefficient (Wildman–Crippen LogP) is 4.41. The molecule has 1 aliphatic heterocycles. The van der Waals surface area contributed by atoms with E-state index in [1.54, 1.807) is 6.33 Å². The van der Waals surface area contributed by atoms with E-state index in [-0.39, 0.29) is 6.04 Å². The van der Waals surface area contributed by atoms with Crippen LogP contribution in [0.2, 0.25) is 0 Å². The smallest absolute Gasteiger partial charge is 0.226 e. The third kappa shape index (κ3) is 2.68. The Morgan fingerprint density at radius 2 is 1.96 bits per heavy atom. The summed E-state index contributed by atoms with van der Waals surface area (Å²) >= 11 is 3.53. The van der Waals surface area contributed by atoms with Gasteiger partial charge in [-0.15, -0.1) is 0 Å². The van der Waals surface area contributed by atoms with Crippen molar-refractivity contribution in [2.75, 3.05) is 5.32 Å². The number of benzene rings is 2. The van der Waals surface area contributed by atoms with Crippen molar-refractivity contribution in [3.8, 4) is 0 Å². The number of anilines is 1. The first-order valence-electron chi connectivity index (χ1n) is 7.41. The molecule has 23 heavy (non-hydrogen) atoms. The molecule has 1 aromatic heterocycles. The topological polar surface area (TPSA) is 42.7 Å². The molecule has 5 heteroatoms. The van der Waals surface area contributed by atoms with Gasteiger partial charge in [0.1, 0.15) is 12.4 Å². The van der Waals surface area contributed by atoms with E-state index in [0.29, 0.717) is 0 Å². The molecule has 2 heterocycles. The van der Waals surface area contributed by atoms with Crippen LogP contribution in [0.1, 0.15) is 22.7 Å². The Balaban J connectivity index is 1.81. The van der Waals surface area contributed by atoms with Crippen molar-refractivity contribution in [1.82, 2.24) is 14.8 Å². The number of nitrogens with one attached hydrogen (secondary N) is 1. The monoisotopic (exact) mass is 366 g/mol. The highest BCUT2D eigenvalue weighted by atomic mass is 79.9. The third-order valence-electron chi connectivity index (χ3n) is 3.96. The quantitative estimate of drug-likeness (QED) is 0.730. The number of aromatic nitrogens is 3. The molecule has 4 rings (SSSR count). The molecule has 114 valence electrons. The van der Waals surface area contributed by atoms with E-state index in [1.807, 2.05) is 16.8 Å². The third-order valence-corrected chi connectivity index (χ3v) is 4.46. The summed E-state index contributed by atoms with van der Waals surface area (Å²) in [6.45, 7) is 2.09. The summed E-state index contributed by atoms with van der Waals surface area (Å²) in [4.78, 5) is 4.34. The van der Waals surface area contributed by atoms with Gasteiger partial charge < -0.3 is 5.32 Å². The van der Waals surface area contributed by atoms with Gasteiger partial charge in [-0.3, -0.25) is 0 Å². The fraction of sp³-hybridized carbons (Fsp3) is 0.111. The lowest BCUT2D eigenvalue weighted by atomic mass is 10.0. The average molecular weight is 367 g/mol. The Morgan fingerprint density at radius 1 is 1.13 bits per heavy atom. The zero-order valence-electron chi connectivity index (χ0n) is 12.6. The maximum absolute atomic E-state index is 4.37. The number of allylic oxidation sites excluding steroid dienone is 1. The van der Waals surface area contributed by atoms with E-state index in [1.165, 1.54) is 11.1 Å². The zero-order valence-corrected chi connectivity index (χ0v) is 14.2. The molecule has 0 radical (unpaired) electrons. The van der Waals surface area contributed by atoms with Gasteiger partial charge in [0.25, 0.3) is 0 Å². The summed E-state index contributed by atoms with van der Waals surface area (Å²) in [7, 11) is 0. The maximum Gasteiger partial charge on any atom is 0.226 e. The van der Waals surface area contributed by atoms with E-state index < -0.39 is 0 Å². The first-order valence-corrected chi connectivity index (χ1v) is 8.21. The number of halogens is 1. The summed E-state index contributed by atoms with van der Waals surface area (Å²) in [6.07, 6.45) is 3.77. The van der Waals surface area contributed by atoms with Gasteiger partial charge in [0.2, 0.25) is 5.95 Å². The molecule has 0 unspecified atom stereocenters. The van der Waals surface area contributed by atoms with Gasteiger partial charge in [0.05, 0.1) is 0 Å². The second-order valence-corrected chi connectivity index (χ2v) is 6.52. The molecule has 0 saturated heterocycles. The number of nitrogens with zero attached hydrogens (tertiary/aromatic N) is 3. The second kappa shape index (κ2) is 5.66. The minimum atomic E-state index is 0.0309. The van der Waals surface area contributed by atoms with Gasteiger partial charge >= 0.3 is 0 Å². The van der Waals surface area contributed by atoms with Crippen LogP contribution in [0.3, 0.4) is 0 Å². The largest absolute Gasteiger partial charge is 0.324 e. The SMILES string of the molecule is Cc1ccc([C@H]2C=C(c3cccc(Br)c3)Nc3ncnn32)cc1. The maximum atomic E-state index is 4.37. The molecule has 0 saturated carbocycles. The molecular formula is C18H15BrN4. The average Bonchev–Trinajstić information content (AvgIpc) is 3.03. The fourth-order valence-corrected chi connectivity index (χ4v) is 3.16. The minimum Gasteiger partial charge on any atom is -0.324 e. The molecule has 0 amide bonds. The van der Waals surface area contributed by atoms with Crippen molar-refractivity contribution in [2.24, 2.45) is 0 Å². The van der Waals surface area contributed by atoms with E-state index in [2.05, 4.69) is 80.7 Å². The van der Waals surface area contributed by atoms with E-state index in [9.17, 15) is 0 Å². The van der Waals surface area contributed by atoms with Crippen LogP contribution in [0.4, 0.5) is 5.95 Å². The number of aryl methyl sites for hydroxylation is 1. The fourth-order valence-electron chi connectivity index (χ4n) is 2.76. The highest BCUT2D eigenvalue weighted by molar-refractivity contribution is 9.10. The highest BCUT2D eigenvalue weighted by Gasteiger charge is 2.23. The van der Waals surface area contributed by atoms with E-state index in [0.717, 1.165) is 21.7 Å². The van der Waals surface area contributed by atoms with Crippen molar-refractivity contribution < 1.29 is 0 Å². The molecule has 0 aliphatic carbocycles. The standard InChI is InChI=1S/C18H15BrN4/c1-12-5-7-13(8-6-12)17-10-16(14-3-2-4-15(19)9-14)22-18-20-11-21-23(17)18/h2-11,17H,1H3,(H,20,21,22)/t17-/m1/s1. The van der Waals surface area contributed by atoms with Gasteiger partial charge in [0, 0.05) is 10.2 Å². The van der Waals surface area contributed by atoms with E-state index in [4.69, 9.17) is 0 Å². The van der Waals surface area contributed by atoms with Crippen molar-refractivity contribution in [1.29, 1.82) is 0 Å². The van der Waals surface area contributed by atoms with E-state index >= 15 is 0 Å². The Kier molecular flexibility index (Phi) is 3.50. The first-order chi connectivity index (χ1) is 11.2. The van der Waals surface area contributed by atoms with Crippen molar-refractivity contribution in [2.45, 2.75) is 13.0 Å². The number of rotatable bonds is 2. The first kappa shape index (κ1) is 14.2. The summed E-state index contributed by atoms with van der Waals surface area (Å²) in [5.41, 5.74) is 4.59. The summed E-state index contributed by atoms with van der Waals surface area (Å²) in [5.74, 6) is 0.757. The van der Waals surface area contributed by atoms with Gasteiger partial charge in [-0.05, 0) is 36.3 Å². The van der Waals surface area contributed by atoms with Crippen LogP contribution in [-0.4, -0.2) is 14.8 Å². The Bertz CT molecular complexity index is 880. The second-order valence-electron chi connectivity index (χ2n) is 5.60. The molecular weight excluding hydrogens is 352 g/mol. The molecule has 4 nitrogen and oxygen atoms in total. The molecule has 2 aromatic carbocycles. The van der Waals surface area contributed by atoms with Crippen molar-refractivity contribution >= 4 is 27.6 Å². The van der Waals surface area contributed by atoms with Crippen LogP contribution in [-0.2, 0) is 0 Å². The van der Waals surface area contributed by atoms with Crippen LogP contribution < -0.4 is 5.32 Å². The molecule has 0 fully saturated rings. The van der Waals surface area contributed by atoms with Crippen LogP contribution in [0.15, 0.2) is 65.4 Å². The molecule has 1 atom stereocenters. The lowest BCUT2D eigenvalue weighted by Crippen LogP contribution is -2.20. The molecule has 0 spiro atoms. The molecule has 1 N–H and O–H groups in total. The molecule has 0 bridgehead atoms. The van der Waals surface area contributed by atoms with Crippen LogP contribution in [0.5, 0.6) is 0 Å². The summed E-state index contributed by atoms with van der Waals surface area (Å²) in [5, 5.41) is 7.73. The number of hydrogen-bond acceptors (Lipinski definition) is 3. The minimum absolute atomic E-state index is 0.0309. The van der Waals surface area contributed by atoms with Gasteiger partial charge in [-0.25, -0.2) is 4.68 Å². The predicted molar refractivity (Wildman–Crippen MR) is 95.1 cm³/mol. The molecule has 1 aliphatic rings. The van der Waals surface area contributed by atoms with Gasteiger partial charge in [0.15, 0.2) is 0 Å². The van der Waals surface area contributed by atoms with Crippen molar-refractivity contribution in [3.05, 3.63) is 82.1 Å². The van der Waals surface area contributed by atoms with Crippen molar-refractivity contribution in [3.63, 3.8) is 0 Å². The van der Waals surface area contributed by atoms with Gasteiger partial charge in [-0.1, -0.05) is 57.9 Å². The number of fused-ring (bicyclic) bond motifs is 1. The van der Waals surface area contributed by atoms with Crippen LogP contribution in [0, 0.1) is 6.92 Å². The Morgan fingerprint density at radius 3 is 2.74 bits per heavy atom. The normalized spacial score (nSPS) is 16.4. The summed E-state index contributed by atoms with van der Waals surface area (Å²) < 4.78 is 2.96. The molecule has 3 aromatic rings. The lowest BCUT2D eigenvalue weighted by molar-refractivity contribution is 0.612.